The Kier molecular flexibility index (Phi) is 6.28. The maximum atomic E-state index is 12.3. The van der Waals surface area contributed by atoms with Crippen molar-refractivity contribution in [1.82, 2.24) is 15.0 Å². The topological polar surface area (TPSA) is 86.9 Å². The van der Waals surface area contributed by atoms with Gasteiger partial charge in [0.15, 0.2) is 5.82 Å². The average molecular weight is 393 g/mol. The van der Waals surface area contributed by atoms with E-state index in [1.807, 2.05) is 4.90 Å². The van der Waals surface area contributed by atoms with Crippen LogP contribution in [0.3, 0.4) is 0 Å². The van der Waals surface area contributed by atoms with Crippen LogP contribution in [0.2, 0.25) is 0 Å². The van der Waals surface area contributed by atoms with Crippen LogP contribution in [0.1, 0.15) is 56.2 Å². The van der Waals surface area contributed by atoms with Gasteiger partial charge in [-0.1, -0.05) is 5.16 Å². The zero-order valence-electron chi connectivity index (χ0n) is 16.7. The van der Waals surface area contributed by atoms with Crippen LogP contribution in [-0.4, -0.2) is 73.2 Å². The molecule has 8 nitrogen and oxygen atoms in total. The summed E-state index contributed by atoms with van der Waals surface area (Å²) in [4.78, 5) is 18.8. The second kappa shape index (κ2) is 8.88. The lowest BCUT2D eigenvalue weighted by atomic mass is 9.78. The van der Waals surface area contributed by atoms with Gasteiger partial charge in [0, 0.05) is 39.1 Å². The van der Waals surface area contributed by atoms with Gasteiger partial charge in [-0.2, -0.15) is 4.98 Å². The highest BCUT2D eigenvalue weighted by molar-refractivity contribution is 5.77. The molecule has 4 rings (SSSR count). The van der Waals surface area contributed by atoms with E-state index in [9.17, 15) is 4.79 Å². The Balaban J connectivity index is 1.24. The summed E-state index contributed by atoms with van der Waals surface area (Å²) in [6.07, 6.45) is 6.99. The smallest absolute Gasteiger partial charge is 0.248 e. The molecule has 1 spiro atoms. The van der Waals surface area contributed by atoms with E-state index >= 15 is 0 Å². The minimum Gasteiger partial charge on any atom is -0.382 e. The van der Waals surface area contributed by atoms with Crippen molar-refractivity contribution in [1.29, 1.82) is 0 Å². The van der Waals surface area contributed by atoms with E-state index < -0.39 is 0 Å². The molecule has 3 aliphatic rings. The van der Waals surface area contributed by atoms with E-state index in [1.54, 1.807) is 7.11 Å². The van der Waals surface area contributed by atoms with Gasteiger partial charge in [0.05, 0.1) is 18.8 Å². The van der Waals surface area contributed by atoms with Crippen LogP contribution in [0.25, 0.3) is 0 Å². The number of carbonyl (C=O) groups is 1. The van der Waals surface area contributed by atoms with E-state index in [0.29, 0.717) is 25.0 Å². The molecule has 2 saturated heterocycles. The zero-order valence-corrected chi connectivity index (χ0v) is 16.7. The van der Waals surface area contributed by atoms with Crippen molar-refractivity contribution in [2.45, 2.75) is 56.5 Å². The van der Waals surface area contributed by atoms with Crippen molar-refractivity contribution in [2.75, 3.05) is 46.6 Å². The quantitative estimate of drug-likeness (QED) is 0.624. The first-order valence-corrected chi connectivity index (χ1v) is 10.5. The fraction of sp³-hybridized carbons (Fsp3) is 0.850. The Labute approximate surface area is 165 Å². The fourth-order valence-electron chi connectivity index (χ4n) is 4.31. The van der Waals surface area contributed by atoms with E-state index in [4.69, 9.17) is 18.7 Å². The number of ether oxygens (including phenoxy) is 3. The minimum absolute atomic E-state index is 0.0526. The molecule has 1 saturated carbocycles. The maximum absolute atomic E-state index is 12.3. The number of hydrogen-bond donors (Lipinski definition) is 0. The second-order valence-corrected chi connectivity index (χ2v) is 8.34. The summed E-state index contributed by atoms with van der Waals surface area (Å²) >= 11 is 0. The lowest BCUT2D eigenvalue weighted by Crippen LogP contribution is -2.51. The standard InChI is InChI=1S/C20H31N3O5/c1-25-10-11-26-14-18(24)23-7-5-20(6-8-23)13-15(4-9-27-20)12-17-21-19(22-28-17)16-2-3-16/h15-16H,2-14H2,1H3. The van der Waals surface area contributed by atoms with Crippen LogP contribution in [-0.2, 0) is 25.4 Å². The predicted octanol–water partition coefficient (Wildman–Crippen LogP) is 1.94. The summed E-state index contributed by atoms with van der Waals surface area (Å²) in [5, 5.41) is 4.13. The zero-order chi connectivity index (χ0) is 19.4. The van der Waals surface area contributed by atoms with Crippen LogP contribution in [0, 0.1) is 5.92 Å². The Morgan fingerprint density at radius 1 is 1.25 bits per heavy atom. The minimum atomic E-state index is -0.115. The Morgan fingerprint density at radius 3 is 2.82 bits per heavy atom. The SMILES string of the molecule is COCCOCC(=O)N1CCC2(CC1)CC(Cc1nc(C3CC3)no1)CCO2. The van der Waals surface area contributed by atoms with Crippen molar-refractivity contribution in [3.8, 4) is 0 Å². The number of carbonyl (C=O) groups excluding carboxylic acids is 1. The molecule has 1 aliphatic carbocycles. The van der Waals surface area contributed by atoms with Crippen LogP contribution < -0.4 is 0 Å². The molecule has 0 aromatic carbocycles. The predicted molar refractivity (Wildman–Crippen MR) is 99.9 cm³/mol. The number of aromatic nitrogens is 2. The van der Waals surface area contributed by atoms with Crippen LogP contribution in [0.5, 0.6) is 0 Å². The first-order valence-electron chi connectivity index (χ1n) is 10.5. The Hall–Kier alpha value is -1.51. The van der Waals surface area contributed by atoms with Crippen molar-refractivity contribution >= 4 is 5.91 Å². The van der Waals surface area contributed by atoms with Crippen molar-refractivity contribution in [2.24, 2.45) is 5.92 Å². The summed E-state index contributed by atoms with van der Waals surface area (Å²) in [6, 6.07) is 0. The maximum Gasteiger partial charge on any atom is 0.248 e. The highest BCUT2D eigenvalue weighted by Crippen LogP contribution is 2.40. The molecule has 1 aromatic rings. The van der Waals surface area contributed by atoms with Gasteiger partial charge >= 0.3 is 0 Å². The summed E-state index contributed by atoms with van der Waals surface area (Å²) in [6.45, 7) is 3.30. The highest BCUT2D eigenvalue weighted by atomic mass is 16.5. The van der Waals surface area contributed by atoms with E-state index in [2.05, 4.69) is 10.1 Å². The second-order valence-electron chi connectivity index (χ2n) is 8.34. The third-order valence-corrected chi connectivity index (χ3v) is 6.17. The largest absolute Gasteiger partial charge is 0.382 e. The molecule has 3 heterocycles. The number of amides is 1. The summed E-state index contributed by atoms with van der Waals surface area (Å²) in [5.74, 6) is 2.73. The monoisotopic (exact) mass is 393 g/mol. The molecule has 0 radical (unpaired) electrons. The van der Waals surface area contributed by atoms with Gasteiger partial charge < -0.3 is 23.6 Å². The fourth-order valence-corrected chi connectivity index (χ4v) is 4.31. The van der Waals surface area contributed by atoms with E-state index in [-0.39, 0.29) is 18.1 Å². The van der Waals surface area contributed by atoms with Gasteiger partial charge in [0.1, 0.15) is 6.61 Å². The summed E-state index contributed by atoms with van der Waals surface area (Å²) in [7, 11) is 1.62. The molecule has 8 heteroatoms. The van der Waals surface area contributed by atoms with E-state index in [1.165, 1.54) is 12.8 Å². The third-order valence-electron chi connectivity index (χ3n) is 6.17. The Bertz CT molecular complexity index is 652. The molecule has 1 unspecified atom stereocenters. The highest BCUT2D eigenvalue weighted by Gasteiger charge is 2.41. The van der Waals surface area contributed by atoms with Crippen molar-refractivity contribution in [3.05, 3.63) is 11.7 Å². The number of rotatable bonds is 8. The van der Waals surface area contributed by atoms with Gasteiger partial charge in [0.2, 0.25) is 11.8 Å². The number of nitrogens with zero attached hydrogens (tertiary/aromatic N) is 3. The molecule has 0 N–H and O–H groups in total. The van der Waals surface area contributed by atoms with Crippen LogP contribution >= 0.6 is 0 Å². The van der Waals surface area contributed by atoms with Crippen LogP contribution in [0.4, 0.5) is 0 Å². The molecule has 0 bridgehead atoms. The van der Waals surface area contributed by atoms with Crippen molar-refractivity contribution in [3.63, 3.8) is 0 Å². The third kappa shape index (κ3) is 4.90. The summed E-state index contributed by atoms with van der Waals surface area (Å²) in [5.41, 5.74) is -0.115. The number of likely N-dealkylation sites (tertiary alicyclic amines) is 1. The van der Waals surface area contributed by atoms with Gasteiger partial charge in [0.25, 0.3) is 0 Å². The van der Waals surface area contributed by atoms with Gasteiger partial charge in [-0.15, -0.1) is 0 Å². The van der Waals surface area contributed by atoms with Gasteiger partial charge in [-0.05, 0) is 44.4 Å². The average Bonchev–Trinajstić information content (AvgIpc) is 3.45. The first-order chi connectivity index (χ1) is 13.7. The molecule has 1 amide bonds. The number of piperidine rings is 1. The molecule has 3 fully saturated rings. The molecule has 1 aromatic heterocycles. The molecule has 2 aliphatic heterocycles. The molecular formula is C20H31N3O5. The lowest BCUT2D eigenvalue weighted by molar-refractivity contribution is -0.151. The van der Waals surface area contributed by atoms with Crippen molar-refractivity contribution < 1.29 is 23.5 Å². The molecular weight excluding hydrogens is 362 g/mol. The van der Waals surface area contributed by atoms with Gasteiger partial charge in [-0.3, -0.25) is 4.79 Å². The lowest BCUT2D eigenvalue weighted by Gasteiger charge is -2.46. The van der Waals surface area contributed by atoms with E-state index in [0.717, 1.165) is 63.5 Å². The molecule has 1 atom stereocenters. The first kappa shape index (κ1) is 19.8. The number of hydrogen-bond acceptors (Lipinski definition) is 7. The van der Waals surface area contributed by atoms with Crippen LogP contribution in [0.15, 0.2) is 4.52 Å². The Morgan fingerprint density at radius 2 is 2.07 bits per heavy atom. The number of methoxy groups -OCH3 is 1. The normalized spacial score (nSPS) is 24.6. The summed E-state index contributed by atoms with van der Waals surface area (Å²) < 4.78 is 22.0. The molecule has 28 heavy (non-hydrogen) atoms. The van der Waals surface area contributed by atoms with Gasteiger partial charge in [-0.25, -0.2) is 0 Å². The molecule has 156 valence electrons.